The standard InChI is InChI=1S/C17H16N2O/c1-11-7-8-12(2)16(9-11)18-10-14-13-5-3-4-6-15(13)19-17(14)20/h3-10,14H,1-2H3,(H,19,20). The van der Waals surface area contributed by atoms with E-state index in [-0.39, 0.29) is 11.8 Å². The highest BCUT2D eigenvalue weighted by Gasteiger charge is 2.28. The molecule has 0 saturated carbocycles. The highest BCUT2D eigenvalue weighted by molar-refractivity contribution is 6.12. The largest absolute Gasteiger partial charge is 0.325 e. The summed E-state index contributed by atoms with van der Waals surface area (Å²) in [6, 6.07) is 13.9. The molecule has 1 atom stereocenters. The van der Waals surface area contributed by atoms with E-state index >= 15 is 0 Å². The van der Waals surface area contributed by atoms with Crippen molar-refractivity contribution in [3.8, 4) is 0 Å². The summed E-state index contributed by atoms with van der Waals surface area (Å²) in [4.78, 5) is 16.5. The molecule has 20 heavy (non-hydrogen) atoms. The monoisotopic (exact) mass is 264 g/mol. The van der Waals surface area contributed by atoms with Crippen molar-refractivity contribution < 1.29 is 4.79 Å². The maximum Gasteiger partial charge on any atom is 0.237 e. The fraction of sp³-hybridized carbons (Fsp3) is 0.176. The minimum atomic E-state index is -0.300. The topological polar surface area (TPSA) is 41.5 Å². The minimum Gasteiger partial charge on any atom is -0.325 e. The molecule has 2 aromatic rings. The Balaban J connectivity index is 1.93. The second-order valence-electron chi connectivity index (χ2n) is 5.12. The van der Waals surface area contributed by atoms with Gasteiger partial charge in [-0.1, -0.05) is 30.3 Å². The number of amides is 1. The lowest BCUT2D eigenvalue weighted by Crippen LogP contribution is -2.12. The first kappa shape index (κ1) is 12.6. The van der Waals surface area contributed by atoms with Gasteiger partial charge in [-0.2, -0.15) is 0 Å². The van der Waals surface area contributed by atoms with Gasteiger partial charge in [0, 0.05) is 11.9 Å². The van der Waals surface area contributed by atoms with Crippen molar-refractivity contribution in [2.75, 3.05) is 5.32 Å². The van der Waals surface area contributed by atoms with E-state index in [4.69, 9.17) is 0 Å². The third kappa shape index (κ3) is 2.23. The number of aryl methyl sites for hydroxylation is 2. The van der Waals surface area contributed by atoms with Crippen LogP contribution in [-0.2, 0) is 4.79 Å². The molecule has 1 heterocycles. The lowest BCUT2D eigenvalue weighted by Gasteiger charge is -2.04. The summed E-state index contributed by atoms with van der Waals surface area (Å²) in [7, 11) is 0. The number of nitrogens with one attached hydrogen (secondary N) is 1. The molecule has 1 aliphatic heterocycles. The van der Waals surface area contributed by atoms with Crippen LogP contribution in [-0.4, -0.2) is 12.1 Å². The Kier molecular flexibility index (Phi) is 3.11. The predicted molar refractivity (Wildman–Crippen MR) is 81.9 cm³/mol. The number of nitrogens with zero attached hydrogens (tertiary/aromatic N) is 1. The molecule has 3 heteroatoms. The molecule has 0 spiro atoms. The Morgan fingerprint density at radius 3 is 2.80 bits per heavy atom. The summed E-state index contributed by atoms with van der Waals surface area (Å²) in [5, 5.41) is 2.88. The molecule has 0 aliphatic carbocycles. The molecule has 0 aromatic heterocycles. The van der Waals surface area contributed by atoms with Gasteiger partial charge in [-0.15, -0.1) is 0 Å². The quantitative estimate of drug-likeness (QED) is 0.825. The molecular formula is C17H16N2O. The van der Waals surface area contributed by atoms with Gasteiger partial charge in [-0.05, 0) is 42.7 Å². The Hall–Kier alpha value is -2.42. The number of carbonyl (C=O) groups excluding carboxylic acids is 1. The Labute approximate surface area is 118 Å². The zero-order valence-corrected chi connectivity index (χ0v) is 11.6. The van der Waals surface area contributed by atoms with Crippen molar-refractivity contribution >= 4 is 23.5 Å². The molecular weight excluding hydrogens is 248 g/mol. The number of benzene rings is 2. The second kappa shape index (κ2) is 4.93. The van der Waals surface area contributed by atoms with Crippen LogP contribution in [0.5, 0.6) is 0 Å². The van der Waals surface area contributed by atoms with Crippen molar-refractivity contribution in [1.82, 2.24) is 0 Å². The molecule has 1 aliphatic rings. The third-order valence-electron chi connectivity index (χ3n) is 3.56. The number of carbonyl (C=O) groups is 1. The average molecular weight is 264 g/mol. The van der Waals surface area contributed by atoms with Gasteiger partial charge in [0.2, 0.25) is 5.91 Å². The Morgan fingerprint density at radius 1 is 1.15 bits per heavy atom. The van der Waals surface area contributed by atoms with Crippen LogP contribution in [0.4, 0.5) is 11.4 Å². The van der Waals surface area contributed by atoms with E-state index in [2.05, 4.69) is 16.4 Å². The van der Waals surface area contributed by atoms with Crippen LogP contribution in [0.1, 0.15) is 22.6 Å². The molecule has 0 radical (unpaired) electrons. The summed E-state index contributed by atoms with van der Waals surface area (Å²) in [6.45, 7) is 4.06. The van der Waals surface area contributed by atoms with Crippen molar-refractivity contribution in [3.05, 3.63) is 59.2 Å². The fourth-order valence-corrected chi connectivity index (χ4v) is 2.40. The van der Waals surface area contributed by atoms with Crippen LogP contribution in [0, 0.1) is 13.8 Å². The fourth-order valence-electron chi connectivity index (χ4n) is 2.40. The van der Waals surface area contributed by atoms with Crippen LogP contribution < -0.4 is 5.32 Å². The first-order valence-corrected chi connectivity index (χ1v) is 6.66. The minimum absolute atomic E-state index is 0.0137. The lowest BCUT2D eigenvalue weighted by atomic mass is 10.0. The molecule has 0 bridgehead atoms. The molecule has 0 saturated heterocycles. The maximum atomic E-state index is 12.0. The zero-order chi connectivity index (χ0) is 14.1. The first-order chi connectivity index (χ1) is 9.65. The SMILES string of the molecule is Cc1ccc(C)c(N=CC2C(=O)Nc3ccccc32)c1. The van der Waals surface area contributed by atoms with E-state index in [1.54, 1.807) is 6.21 Å². The van der Waals surface area contributed by atoms with Crippen LogP contribution in [0.2, 0.25) is 0 Å². The molecule has 2 aromatic carbocycles. The van der Waals surface area contributed by atoms with Crippen molar-refractivity contribution in [2.45, 2.75) is 19.8 Å². The Bertz CT molecular complexity index is 704. The van der Waals surface area contributed by atoms with Gasteiger partial charge in [0.1, 0.15) is 5.92 Å². The highest BCUT2D eigenvalue weighted by Crippen LogP contribution is 2.31. The van der Waals surface area contributed by atoms with Crippen LogP contribution in [0.3, 0.4) is 0 Å². The van der Waals surface area contributed by atoms with Gasteiger partial charge in [0.15, 0.2) is 0 Å². The molecule has 1 unspecified atom stereocenters. The zero-order valence-electron chi connectivity index (χ0n) is 11.6. The number of hydrogen-bond acceptors (Lipinski definition) is 2. The van der Waals surface area contributed by atoms with Crippen molar-refractivity contribution in [3.63, 3.8) is 0 Å². The highest BCUT2D eigenvalue weighted by atomic mass is 16.2. The van der Waals surface area contributed by atoms with Crippen LogP contribution in [0.15, 0.2) is 47.5 Å². The van der Waals surface area contributed by atoms with Crippen LogP contribution >= 0.6 is 0 Å². The molecule has 0 fully saturated rings. The number of rotatable bonds is 2. The molecule has 1 amide bonds. The van der Waals surface area contributed by atoms with Gasteiger partial charge in [0.25, 0.3) is 0 Å². The first-order valence-electron chi connectivity index (χ1n) is 6.66. The summed E-state index contributed by atoms with van der Waals surface area (Å²) in [5.74, 6) is -0.314. The van der Waals surface area contributed by atoms with E-state index in [0.29, 0.717) is 0 Å². The van der Waals surface area contributed by atoms with Crippen molar-refractivity contribution in [1.29, 1.82) is 0 Å². The summed E-state index contributed by atoms with van der Waals surface area (Å²) in [6.07, 6.45) is 1.74. The number of anilines is 1. The van der Waals surface area contributed by atoms with E-state index in [1.165, 1.54) is 5.56 Å². The van der Waals surface area contributed by atoms with Crippen LogP contribution in [0.25, 0.3) is 0 Å². The maximum absolute atomic E-state index is 12.0. The third-order valence-corrected chi connectivity index (χ3v) is 3.56. The van der Waals surface area contributed by atoms with Gasteiger partial charge in [0.05, 0.1) is 5.69 Å². The number of fused-ring (bicyclic) bond motifs is 1. The number of para-hydroxylation sites is 1. The normalized spacial score (nSPS) is 17.3. The van der Waals surface area contributed by atoms with E-state index in [0.717, 1.165) is 22.5 Å². The van der Waals surface area contributed by atoms with E-state index in [1.807, 2.05) is 50.2 Å². The lowest BCUT2D eigenvalue weighted by molar-refractivity contribution is -0.115. The second-order valence-corrected chi connectivity index (χ2v) is 5.12. The van der Waals surface area contributed by atoms with Gasteiger partial charge >= 0.3 is 0 Å². The van der Waals surface area contributed by atoms with Gasteiger partial charge in [-0.25, -0.2) is 0 Å². The number of hydrogen-bond donors (Lipinski definition) is 1. The predicted octanol–water partition coefficient (Wildman–Crippen LogP) is 3.74. The average Bonchev–Trinajstić information content (AvgIpc) is 2.75. The summed E-state index contributed by atoms with van der Waals surface area (Å²) >= 11 is 0. The smallest absolute Gasteiger partial charge is 0.237 e. The molecule has 1 N–H and O–H groups in total. The van der Waals surface area contributed by atoms with E-state index in [9.17, 15) is 4.79 Å². The van der Waals surface area contributed by atoms with Crippen molar-refractivity contribution in [2.24, 2.45) is 4.99 Å². The Morgan fingerprint density at radius 2 is 1.95 bits per heavy atom. The summed E-state index contributed by atoms with van der Waals surface area (Å²) < 4.78 is 0. The number of aliphatic imine (C=N–C) groups is 1. The van der Waals surface area contributed by atoms with Gasteiger partial charge < -0.3 is 5.32 Å². The van der Waals surface area contributed by atoms with E-state index < -0.39 is 0 Å². The van der Waals surface area contributed by atoms with Gasteiger partial charge in [-0.3, -0.25) is 9.79 Å². The summed E-state index contributed by atoms with van der Waals surface area (Å²) in [5.41, 5.74) is 5.07. The molecule has 3 nitrogen and oxygen atoms in total. The molecule has 3 rings (SSSR count). The molecule has 100 valence electrons.